The van der Waals surface area contributed by atoms with Gasteiger partial charge in [0.05, 0.1) is 18.4 Å². The maximum Gasteiger partial charge on any atom is 0.230 e. The number of ether oxygens (including phenoxy) is 1. The molecule has 1 atom stereocenters. The Morgan fingerprint density at radius 1 is 1.14 bits per heavy atom. The van der Waals surface area contributed by atoms with Crippen LogP contribution in [0.25, 0.3) is 11.4 Å². The average molecular weight is 397 g/mol. The van der Waals surface area contributed by atoms with Gasteiger partial charge < -0.3 is 14.6 Å². The Morgan fingerprint density at radius 3 is 2.54 bits per heavy atom. The fourth-order valence-electron chi connectivity index (χ4n) is 2.80. The molecule has 1 aromatic heterocycles. The van der Waals surface area contributed by atoms with Crippen molar-refractivity contribution in [1.29, 1.82) is 0 Å². The van der Waals surface area contributed by atoms with E-state index in [1.165, 1.54) is 11.8 Å². The van der Waals surface area contributed by atoms with Crippen molar-refractivity contribution in [2.45, 2.75) is 25.0 Å². The summed E-state index contributed by atoms with van der Waals surface area (Å²) in [6.07, 6.45) is 0. The monoisotopic (exact) mass is 396 g/mol. The summed E-state index contributed by atoms with van der Waals surface area (Å²) in [4.78, 5) is 12.3. The minimum Gasteiger partial charge on any atom is -0.494 e. The predicted octanol–water partition coefficient (Wildman–Crippen LogP) is 3.85. The quantitative estimate of drug-likeness (QED) is 0.586. The molecule has 6 nitrogen and oxygen atoms in total. The molecule has 1 heterocycles. The minimum absolute atomic E-state index is 0.0341. The van der Waals surface area contributed by atoms with Gasteiger partial charge >= 0.3 is 0 Å². The molecule has 3 rings (SSSR count). The first-order chi connectivity index (χ1) is 13.6. The molecule has 1 unspecified atom stereocenters. The van der Waals surface area contributed by atoms with Crippen LogP contribution in [0.3, 0.4) is 0 Å². The minimum atomic E-state index is -0.0352. The molecular formula is C21H24N4O2S. The van der Waals surface area contributed by atoms with Crippen LogP contribution >= 0.6 is 11.8 Å². The number of aromatic nitrogens is 3. The zero-order valence-corrected chi connectivity index (χ0v) is 17.1. The molecule has 0 fully saturated rings. The Labute approximate surface area is 169 Å². The Hall–Kier alpha value is -2.80. The lowest BCUT2D eigenvalue weighted by atomic mass is 10.1. The number of carbonyl (C=O) groups excluding carboxylic acids is 1. The number of rotatable bonds is 8. The molecule has 146 valence electrons. The molecule has 2 aromatic carbocycles. The Balaban J connectivity index is 1.59. The van der Waals surface area contributed by atoms with Crippen LogP contribution in [-0.4, -0.2) is 33.0 Å². The first-order valence-corrected chi connectivity index (χ1v) is 10.2. The highest BCUT2D eigenvalue weighted by Gasteiger charge is 2.14. The lowest BCUT2D eigenvalue weighted by Gasteiger charge is -2.14. The Morgan fingerprint density at radius 2 is 1.86 bits per heavy atom. The van der Waals surface area contributed by atoms with Crippen LogP contribution in [0.1, 0.15) is 25.5 Å². The van der Waals surface area contributed by atoms with Crippen molar-refractivity contribution in [3.05, 3.63) is 60.2 Å². The smallest absolute Gasteiger partial charge is 0.230 e. The first kappa shape index (κ1) is 19.9. The van der Waals surface area contributed by atoms with Gasteiger partial charge in [0.25, 0.3) is 0 Å². The zero-order valence-electron chi connectivity index (χ0n) is 16.3. The van der Waals surface area contributed by atoms with Gasteiger partial charge in [0, 0.05) is 12.6 Å². The summed E-state index contributed by atoms with van der Waals surface area (Å²) in [6, 6.07) is 17.6. The second-order valence-corrected chi connectivity index (χ2v) is 7.25. The van der Waals surface area contributed by atoms with Crippen LogP contribution in [0.2, 0.25) is 0 Å². The summed E-state index contributed by atoms with van der Waals surface area (Å²) < 4.78 is 7.37. The van der Waals surface area contributed by atoms with Crippen molar-refractivity contribution in [3.63, 3.8) is 0 Å². The van der Waals surface area contributed by atoms with Crippen LogP contribution in [0.15, 0.2) is 59.8 Å². The fourth-order valence-corrected chi connectivity index (χ4v) is 3.52. The van der Waals surface area contributed by atoms with Gasteiger partial charge in [0.1, 0.15) is 5.75 Å². The number of carbonyl (C=O) groups is 1. The summed E-state index contributed by atoms with van der Waals surface area (Å²) in [7, 11) is 1.90. The number of benzene rings is 2. The number of hydrogen-bond donors (Lipinski definition) is 1. The van der Waals surface area contributed by atoms with Crippen molar-refractivity contribution in [2.75, 3.05) is 12.4 Å². The van der Waals surface area contributed by atoms with Gasteiger partial charge in [-0.05, 0) is 43.7 Å². The molecular weight excluding hydrogens is 372 g/mol. The van der Waals surface area contributed by atoms with Crippen LogP contribution in [0.5, 0.6) is 5.75 Å². The van der Waals surface area contributed by atoms with Gasteiger partial charge in [-0.1, -0.05) is 42.1 Å². The summed E-state index contributed by atoms with van der Waals surface area (Å²) >= 11 is 1.37. The van der Waals surface area contributed by atoms with Crippen molar-refractivity contribution >= 4 is 17.7 Å². The molecule has 28 heavy (non-hydrogen) atoms. The molecule has 0 saturated carbocycles. The molecule has 7 heteroatoms. The Bertz CT molecular complexity index is 910. The summed E-state index contributed by atoms with van der Waals surface area (Å²) in [5.41, 5.74) is 2.03. The molecule has 0 aliphatic rings. The van der Waals surface area contributed by atoms with Gasteiger partial charge in [0.2, 0.25) is 5.91 Å². The molecule has 1 amide bonds. The van der Waals surface area contributed by atoms with Gasteiger partial charge in [-0.3, -0.25) is 4.79 Å². The van der Waals surface area contributed by atoms with Crippen molar-refractivity contribution in [2.24, 2.45) is 7.05 Å². The Kier molecular flexibility index (Phi) is 6.71. The number of hydrogen-bond acceptors (Lipinski definition) is 5. The normalized spacial score (nSPS) is 11.8. The van der Waals surface area contributed by atoms with E-state index in [-0.39, 0.29) is 17.7 Å². The van der Waals surface area contributed by atoms with E-state index in [0.717, 1.165) is 22.7 Å². The maximum absolute atomic E-state index is 12.3. The van der Waals surface area contributed by atoms with Gasteiger partial charge in [-0.25, -0.2) is 0 Å². The largest absolute Gasteiger partial charge is 0.494 e. The third-order valence-electron chi connectivity index (χ3n) is 4.27. The SMILES string of the molecule is CCOc1ccc(-c2nnc(SCC(=O)NC(C)c3ccccc3)n2C)cc1. The van der Waals surface area contributed by atoms with Crippen molar-refractivity contribution < 1.29 is 9.53 Å². The maximum atomic E-state index is 12.3. The zero-order chi connectivity index (χ0) is 19.9. The van der Waals surface area contributed by atoms with E-state index in [4.69, 9.17) is 4.74 Å². The van der Waals surface area contributed by atoms with E-state index in [9.17, 15) is 4.79 Å². The van der Waals surface area contributed by atoms with Crippen molar-refractivity contribution in [3.8, 4) is 17.1 Å². The molecule has 0 aliphatic heterocycles. The average Bonchev–Trinajstić information content (AvgIpc) is 3.08. The predicted molar refractivity (Wildman–Crippen MR) is 111 cm³/mol. The molecule has 0 bridgehead atoms. The van der Waals surface area contributed by atoms with Crippen LogP contribution in [-0.2, 0) is 11.8 Å². The number of thioether (sulfide) groups is 1. The fraction of sp³-hybridized carbons (Fsp3) is 0.286. The molecule has 0 spiro atoms. The number of nitrogens with one attached hydrogen (secondary N) is 1. The van der Waals surface area contributed by atoms with E-state index >= 15 is 0 Å². The first-order valence-electron chi connectivity index (χ1n) is 9.18. The van der Waals surface area contributed by atoms with E-state index in [0.29, 0.717) is 11.8 Å². The molecule has 1 N–H and O–H groups in total. The molecule has 0 saturated heterocycles. The lowest BCUT2D eigenvalue weighted by Crippen LogP contribution is -2.28. The topological polar surface area (TPSA) is 69.0 Å². The lowest BCUT2D eigenvalue weighted by molar-refractivity contribution is -0.119. The van der Waals surface area contributed by atoms with Gasteiger partial charge in [-0.2, -0.15) is 0 Å². The van der Waals surface area contributed by atoms with Crippen LogP contribution in [0, 0.1) is 0 Å². The standard InChI is InChI=1S/C21H24N4O2S/c1-4-27-18-12-10-17(11-13-18)20-23-24-21(25(20)3)28-14-19(26)22-15(2)16-8-6-5-7-9-16/h5-13,15H,4,14H2,1-3H3,(H,22,26). The number of amides is 1. The van der Waals surface area contributed by atoms with Crippen LogP contribution in [0.4, 0.5) is 0 Å². The number of nitrogens with zero attached hydrogens (tertiary/aromatic N) is 3. The van der Waals surface area contributed by atoms with Crippen LogP contribution < -0.4 is 10.1 Å². The highest BCUT2D eigenvalue weighted by Crippen LogP contribution is 2.24. The van der Waals surface area contributed by atoms with E-state index in [1.807, 2.05) is 80.1 Å². The summed E-state index contributed by atoms with van der Waals surface area (Å²) in [6.45, 7) is 4.57. The molecule has 3 aromatic rings. The third kappa shape index (κ3) is 4.92. The van der Waals surface area contributed by atoms with Crippen molar-refractivity contribution in [1.82, 2.24) is 20.1 Å². The molecule has 0 aliphatic carbocycles. The highest BCUT2D eigenvalue weighted by atomic mass is 32.2. The second kappa shape index (κ2) is 9.41. The van der Waals surface area contributed by atoms with E-state index < -0.39 is 0 Å². The second-order valence-electron chi connectivity index (χ2n) is 6.31. The summed E-state index contributed by atoms with van der Waals surface area (Å²) in [5, 5.41) is 12.2. The molecule has 0 radical (unpaired) electrons. The van der Waals surface area contributed by atoms with Gasteiger partial charge in [0.15, 0.2) is 11.0 Å². The van der Waals surface area contributed by atoms with E-state index in [1.54, 1.807) is 0 Å². The van der Waals surface area contributed by atoms with E-state index in [2.05, 4.69) is 15.5 Å². The third-order valence-corrected chi connectivity index (χ3v) is 5.29. The summed E-state index contributed by atoms with van der Waals surface area (Å²) in [5.74, 6) is 1.83. The van der Waals surface area contributed by atoms with Gasteiger partial charge in [-0.15, -0.1) is 10.2 Å². The highest BCUT2D eigenvalue weighted by molar-refractivity contribution is 7.99.